The number of hydrogen-bond acceptors (Lipinski definition) is 5. The number of carbonyl (C=O) groups is 1. The van der Waals surface area contributed by atoms with E-state index in [1.165, 1.54) is 18.2 Å². The smallest absolute Gasteiger partial charge is 0.233 e. The van der Waals surface area contributed by atoms with Gasteiger partial charge in [-0.05, 0) is 50.5 Å². The van der Waals surface area contributed by atoms with Crippen LogP contribution in [0.2, 0.25) is 0 Å². The van der Waals surface area contributed by atoms with Gasteiger partial charge in [-0.1, -0.05) is 30.0 Å². The van der Waals surface area contributed by atoms with Gasteiger partial charge in [-0.15, -0.1) is 10.2 Å². The van der Waals surface area contributed by atoms with E-state index in [4.69, 9.17) is 0 Å². The van der Waals surface area contributed by atoms with Crippen LogP contribution in [0.15, 0.2) is 60.0 Å². The first-order chi connectivity index (χ1) is 13.7. The van der Waals surface area contributed by atoms with E-state index in [9.17, 15) is 4.79 Å². The van der Waals surface area contributed by atoms with Gasteiger partial charge in [-0.2, -0.15) is 0 Å². The van der Waals surface area contributed by atoms with E-state index < -0.39 is 0 Å². The van der Waals surface area contributed by atoms with E-state index in [1.807, 2.05) is 51.9 Å². The Bertz CT molecular complexity index is 928. The first-order valence-corrected chi connectivity index (χ1v) is 10.6. The second-order valence-electron chi connectivity index (χ2n) is 6.94. The van der Waals surface area contributed by atoms with E-state index in [-0.39, 0.29) is 5.91 Å². The summed E-state index contributed by atoms with van der Waals surface area (Å²) in [5, 5.41) is 9.49. The number of amides is 1. The van der Waals surface area contributed by atoms with Gasteiger partial charge in [0.05, 0.1) is 5.75 Å². The number of pyridine rings is 1. The first kappa shape index (κ1) is 18.7. The Balaban J connectivity index is 1.60. The Morgan fingerprint density at radius 3 is 2.75 bits per heavy atom. The molecule has 0 bridgehead atoms. The number of benzene rings is 1. The minimum absolute atomic E-state index is 0.169. The molecule has 0 unspecified atom stereocenters. The number of rotatable bonds is 5. The molecule has 1 amide bonds. The van der Waals surface area contributed by atoms with Crippen LogP contribution in [0.1, 0.15) is 26.2 Å². The normalized spacial score (nSPS) is 16.9. The topological polar surface area (TPSA) is 63.9 Å². The molecule has 3 heterocycles. The molecule has 0 spiro atoms. The zero-order valence-corrected chi connectivity index (χ0v) is 16.7. The quantitative estimate of drug-likeness (QED) is 0.617. The Labute approximate surface area is 169 Å². The molecule has 1 aromatic carbocycles. The maximum absolute atomic E-state index is 12.7. The third-order valence-corrected chi connectivity index (χ3v) is 5.93. The van der Waals surface area contributed by atoms with Crippen LogP contribution in [0.4, 0.5) is 0 Å². The second kappa shape index (κ2) is 8.56. The number of piperidine rings is 1. The predicted molar refractivity (Wildman–Crippen MR) is 110 cm³/mol. The SMILES string of the molecule is C[C@@H]1CCCCN1C(=O)CSc1nnc(-c2cccnc2)n1-c1ccccc1. The molecule has 1 fully saturated rings. The summed E-state index contributed by atoms with van der Waals surface area (Å²) in [6, 6.07) is 14.1. The van der Waals surface area contributed by atoms with Crippen LogP contribution in [0.3, 0.4) is 0 Å². The average Bonchev–Trinajstić information content (AvgIpc) is 3.17. The maximum Gasteiger partial charge on any atom is 0.233 e. The predicted octanol–water partition coefficient (Wildman–Crippen LogP) is 3.82. The summed E-state index contributed by atoms with van der Waals surface area (Å²) in [4.78, 5) is 18.9. The van der Waals surface area contributed by atoms with Crippen molar-refractivity contribution in [3.05, 3.63) is 54.9 Å². The third kappa shape index (κ3) is 3.94. The van der Waals surface area contributed by atoms with Crippen LogP contribution in [0, 0.1) is 0 Å². The lowest BCUT2D eigenvalue weighted by Crippen LogP contribution is -2.42. The zero-order chi connectivity index (χ0) is 19.3. The molecule has 144 valence electrons. The summed E-state index contributed by atoms with van der Waals surface area (Å²) in [5.74, 6) is 1.26. The minimum atomic E-state index is 0.169. The summed E-state index contributed by atoms with van der Waals surface area (Å²) >= 11 is 1.44. The van der Waals surface area contributed by atoms with E-state index >= 15 is 0 Å². The summed E-state index contributed by atoms with van der Waals surface area (Å²) in [5.41, 5.74) is 1.86. The minimum Gasteiger partial charge on any atom is -0.339 e. The van der Waals surface area contributed by atoms with Gasteiger partial charge in [0.2, 0.25) is 5.91 Å². The van der Waals surface area contributed by atoms with E-state index in [0.29, 0.717) is 17.0 Å². The molecule has 0 aliphatic carbocycles. The standard InChI is InChI=1S/C21H23N5OS/c1-16-8-5-6-13-25(16)19(27)15-28-21-24-23-20(17-9-7-12-22-14-17)26(21)18-10-3-2-4-11-18/h2-4,7,9-12,14,16H,5-6,8,13,15H2,1H3/t16-/m1/s1. The fraction of sp³-hybridized carbons (Fsp3) is 0.333. The molecule has 6 nitrogen and oxygen atoms in total. The molecule has 0 saturated carbocycles. The number of para-hydroxylation sites is 1. The maximum atomic E-state index is 12.7. The van der Waals surface area contributed by atoms with Crippen molar-refractivity contribution in [1.82, 2.24) is 24.6 Å². The van der Waals surface area contributed by atoms with Gasteiger partial charge in [-0.3, -0.25) is 14.3 Å². The van der Waals surface area contributed by atoms with Crippen LogP contribution < -0.4 is 0 Å². The first-order valence-electron chi connectivity index (χ1n) is 9.57. The molecule has 3 aromatic rings. The number of aromatic nitrogens is 4. The summed E-state index contributed by atoms with van der Waals surface area (Å²) in [6.07, 6.45) is 6.89. The number of likely N-dealkylation sites (tertiary alicyclic amines) is 1. The third-order valence-electron chi connectivity index (χ3n) is 5.02. The van der Waals surface area contributed by atoms with Crippen molar-refractivity contribution in [3.8, 4) is 17.1 Å². The fourth-order valence-electron chi connectivity index (χ4n) is 3.53. The van der Waals surface area contributed by atoms with Crippen molar-refractivity contribution in [2.45, 2.75) is 37.4 Å². The summed E-state index contributed by atoms with van der Waals surface area (Å²) in [6.45, 7) is 2.99. The second-order valence-corrected chi connectivity index (χ2v) is 7.88. The molecule has 7 heteroatoms. The molecule has 0 radical (unpaired) electrons. The summed E-state index contributed by atoms with van der Waals surface area (Å²) < 4.78 is 1.99. The highest BCUT2D eigenvalue weighted by Crippen LogP contribution is 2.28. The molecule has 2 aromatic heterocycles. The van der Waals surface area contributed by atoms with Crippen LogP contribution in [0.25, 0.3) is 17.1 Å². The van der Waals surface area contributed by atoms with Crippen LogP contribution >= 0.6 is 11.8 Å². The van der Waals surface area contributed by atoms with Crippen molar-refractivity contribution in [3.63, 3.8) is 0 Å². The van der Waals surface area contributed by atoms with Crippen molar-refractivity contribution < 1.29 is 4.79 Å². The number of hydrogen-bond donors (Lipinski definition) is 0. The Hall–Kier alpha value is -2.67. The highest BCUT2D eigenvalue weighted by Gasteiger charge is 2.24. The van der Waals surface area contributed by atoms with E-state index in [2.05, 4.69) is 22.1 Å². The lowest BCUT2D eigenvalue weighted by molar-refractivity contribution is -0.131. The largest absolute Gasteiger partial charge is 0.339 e. The van der Waals surface area contributed by atoms with Crippen molar-refractivity contribution >= 4 is 17.7 Å². The Kier molecular flexibility index (Phi) is 5.71. The van der Waals surface area contributed by atoms with Gasteiger partial charge in [0, 0.05) is 36.2 Å². The van der Waals surface area contributed by atoms with Gasteiger partial charge in [-0.25, -0.2) is 0 Å². The molecule has 4 rings (SSSR count). The highest BCUT2D eigenvalue weighted by molar-refractivity contribution is 7.99. The van der Waals surface area contributed by atoms with Crippen molar-refractivity contribution in [2.24, 2.45) is 0 Å². The average molecular weight is 394 g/mol. The van der Waals surface area contributed by atoms with Gasteiger partial charge in [0.1, 0.15) is 0 Å². The van der Waals surface area contributed by atoms with E-state index in [1.54, 1.807) is 12.4 Å². The zero-order valence-electron chi connectivity index (χ0n) is 15.9. The lowest BCUT2D eigenvalue weighted by Gasteiger charge is -2.33. The summed E-state index contributed by atoms with van der Waals surface area (Å²) in [7, 11) is 0. The molecule has 28 heavy (non-hydrogen) atoms. The fourth-order valence-corrected chi connectivity index (χ4v) is 4.37. The molecule has 1 aliphatic heterocycles. The van der Waals surface area contributed by atoms with Gasteiger partial charge >= 0.3 is 0 Å². The number of carbonyl (C=O) groups excluding carboxylic acids is 1. The monoisotopic (exact) mass is 393 g/mol. The van der Waals surface area contributed by atoms with Crippen LogP contribution in [-0.4, -0.2) is 48.9 Å². The molecule has 0 N–H and O–H groups in total. The Morgan fingerprint density at radius 2 is 2.00 bits per heavy atom. The van der Waals surface area contributed by atoms with Gasteiger partial charge in [0.25, 0.3) is 0 Å². The molecular formula is C21H23N5OS. The van der Waals surface area contributed by atoms with Crippen LogP contribution in [-0.2, 0) is 4.79 Å². The molecule has 1 aliphatic rings. The molecular weight excluding hydrogens is 370 g/mol. The molecule has 1 saturated heterocycles. The lowest BCUT2D eigenvalue weighted by atomic mass is 10.0. The number of thioether (sulfide) groups is 1. The number of nitrogens with zero attached hydrogens (tertiary/aromatic N) is 5. The van der Waals surface area contributed by atoms with E-state index in [0.717, 1.165) is 36.5 Å². The Morgan fingerprint density at radius 1 is 1.14 bits per heavy atom. The highest BCUT2D eigenvalue weighted by atomic mass is 32.2. The molecule has 1 atom stereocenters. The van der Waals surface area contributed by atoms with Crippen molar-refractivity contribution in [1.29, 1.82) is 0 Å². The van der Waals surface area contributed by atoms with Gasteiger partial charge in [0.15, 0.2) is 11.0 Å². The van der Waals surface area contributed by atoms with Crippen LogP contribution in [0.5, 0.6) is 0 Å². The van der Waals surface area contributed by atoms with Crippen molar-refractivity contribution in [2.75, 3.05) is 12.3 Å². The van der Waals surface area contributed by atoms with Gasteiger partial charge < -0.3 is 4.90 Å².